The molecule has 1 aromatic heterocycles. The van der Waals surface area contributed by atoms with Crippen LogP contribution in [0.25, 0.3) is 0 Å². The zero-order valence-electron chi connectivity index (χ0n) is 9.17. The average Bonchev–Trinajstić information content (AvgIpc) is 2.69. The maximum atomic E-state index is 11.2. The Kier molecular flexibility index (Phi) is 4.50. The van der Waals surface area contributed by atoms with Gasteiger partial charge in [-0.2, -0.15) is 0 Å². The number of halogens is 1. The summed E-state index contributed by atoms with van der Waals surface area (Å²) >= 11 is 6.13. The first kappa shape index (κ1) is 14.1. The fraction of sp³-hybridized carbons (Fsp3) is 0.0909. The number of thiophene rings is 1. The number of benzene rings is 1. The molecule has 0 unspecified atom stereocenters. The quantitative estimate of drug-likeness (QED) is 0.846. The molecule has 1 heterocycles. The van der Waals surface area contributed by atoms with E-state index in [9.17, 15) is 8.42 Å². The SMILES string of the molecule is NS(=O)(=O)c1cc(Br)c(SCc2ccccc2)s1. The molecule has 2 N–H and O–H groups in total. The molecule has 96 valence electrons. The first-order chi connectivity index (χ1) is 8.47. The van der Waals surface area contributed by atoms with Gasteiger partial charge in [0.15, 0.2) is 0 Å². The highest BCUT2D eigenvalue weighted by Gasteiger charge is 2.15. The monoisotopic (exact) mass is 363 g/mol. The van der Waals surface area contributed by atoms with Crippen LogP contribution in [0.2, 0.25) is 0 Å². The number of thioether (sulfide) groups is 1. The molecule has 0 aliphatic rings. The summed E-state index contributed by atoms with van der Waals surface area (Å²) in [6, 6.07) is 11.6. The average molecular weight is 364 g/mol. The first-order valence-corrected chi connectivity index (χ1v) is 9.10. The van der Waals surface area contributed by atoms with Crippen LogP contribution in [0, 0.1) is 0 Å². The Morgan fingerprint density at radius 1 is 1.28 bits per heavy atom. The van der Waals surface area contributed by atoms with Gasteiger partial charge < -0.3 is 0 Å². The van der Waals surface area contributed by atoms with Crippen molar-refractivity contribution < 1.29 is 8.42 Å². The first-order valence-electron chi connectivity index (χ1n) is 4.95. The summed E-state index contributed by atoms with van der Waals surface area (Å²) in [4.78, 5) is 0. The molecule has 2 rings (SSSR count). The molecule has 0 aliphatic carbocycles. The largest absolute Gasteiger partial charge is 0.247 e. The molecule has 3 nitrogen and oxygen atoms in total. The molecule has 0 saturated carbocycles. The van der Waals surface area contributed by atoms with Gasteiger partial charge in [-0.1, -0.05) is 30.3 Å². The summed E-state index contributed by atoms with van der Waals surface area (Å²) in [5, 5.41) is 5.10. The lowest BCUT2D eigenvalue weighted by Crippen LogP contribution is -2.09. The van der Waals surface area contributed by atoms with Gasteiger partial charge in [-0.3, -0.25) is 0 Å². The minimum atomic E-state index is -3.61. The van der Waals surface area contributed by atoms with Crippen molar-refractivity contribution in [2.45, 2.75) is 14.2 Å². The van der Waals surface area contributed by atoms with Crippen molar-refractivity contribution in [2.75, 3.05) is 0 Å². The number of hydrogen-bond acceptors (Lipinski definition) is 4. The molecular formula is C11H10BrNO2S3. The van der Waals surface area contributed by atoms with Gasteiger partial charge in [0.2, 0.25) is 10.0 Å². The molecular weight excluding hydrogens is 354 g/mol. The van der Waals surface area contributed by atoms with Crippen molar-refractivity contribution in [1.82, 2.24) is 0 Å². The number of rotatable bonds is 4. The molecule has 0 spiro atoms. The number of sulfonamides is 1. The maximum Gasteiger partial charge on any atom is 0.247 e. The highest BCUT2D eigenvalue weighted by Crippen LogP contribution is 2.38. The zero-order chi connectivity index (χ0) is 13.2. The van der Waals surface area contributed by atoms with Crippen molar-refractivity contribution in [3.05, 3.63) is 46.4 Å². The van der Waals surface area contributed by atoms with Gasteiger partial charge in [0, 0.05) is 10.2 Å². The van der Waals surface area contributed by atoms with Gasteiger partial charge in [-0.05, 0) is 27.6 Å². The molecule has 18 heavy (non-hydrogen) atoms. The predicted octanol–water partition coefficient (Wildman–Crippen LogP) is 3.45. The Morgan fingerprint density at radius 3 is 2.50 bits per heavy atom. The molecule has 1 aromatic carbocycles. The van der Waals surface area contributed by atoms with E-state index in [1.165, 1.54) is 16.9 Å². The van der Waals surface area contributed by atoms with Crippen LogP contribution in [-0.2, 0) is 15.8 Å². The molecule has 0 amide bonds. The van der Waals surface area contributed by atoms with Crippen molar-refractivity contribution in [3.8, 4) is 0 Å². The van der Waals surface area contributed by atoms with Gasteiger partial charge in [0.1, 0.15) is 4.21 Å². The van der Waals surface area contributed by atoms with Gasteiger partial charge >= 0.3 is 0 Å². The summed E-state index contributed by atoms with van der Waals surface area (Å²) < 4.78 is 24.3. The van der Waals surface area contributed by atoms with Crippen LogP contribution in [0.5, 0.6) is 0 Å². The molecule has 0 atom stereocenters. The third-order valence-corrected chi connectivity index (χ3v) is 7.19. The normalized spacial score (nSPS) is 11.7. The van der Waals surface area contributed by atoms with Gasteiger partial charge in [-0.15, -0.1) is 23.1 Å². The summed E-state index contributed by atoms with van der Waals surface area (Å²) in [5.74, 6) is 0.796. The minimum Gasteiger partial charge on any atom is -0.224 e. The van der Waals surface area contributed by atoms with Crippen LogP contribution >= 0.6 is 39.0 Å². The van der Waals surface area contributed by atoms with Crippen molar-refractivity contribution >= 4 is 49.1 Å². The van der Waals surface area contributed by atoms with E-state index in [2.05, 4.69) is 15.9 Å². The fourth-order valence-electron chi connectivity index (χ4n) is 1.29. The van der Waals surface area contributed by atoms with Gasteiger partial charge in [0.05, 0.1) is 4.21 Å². The van der Waals surface area contributed by atoms with Crippen LogP contribution in [0.1, 0.15) is 5.56 Å². The lowest BCUT2D eigenvalue weighted by molar-refractivity contribution is 0.600. The van der Waals surface area contributed by atoms with Crippen LogP contribution in [0.4, 0.5) is 0 Å². The van der Waals surface area contributed by atoms with E-state index in [1.807, 2.05) is 30.3 Å². The Morgan fingerprint density at radius 2 is 1.94 bits per heavy atom. The van der Waals surface area contributed by atoms with E-state index in [1.54, 1.807) is 17.8 Å². The van der Waals surface area contributed by atoms with Crippen molar-refractivity contribution in [2.24, 2.45) is 5.14 Å². The second-order valence-corrected chi connectivity index (χ2v) is 8.46. The molecule has 0 aliphatic heterocycles. The second-order valence-electron chi connectivity index (χ2n) is 3.52. The number of nitrogens with two attached hydrogens (primary N) is 1. The third kappa shape index (κ3) is 3.58. The molecule has 7 heteroatoms. The Bertz CT molecular complexity index is 638. The van der Waals surface area contributed by atoms with E-state index in [-0.39, 0.29) is 4.21 Å². The molecule has 2 aromatic rings. The zero-order valence-corrected chi connectivity index (χ0v) is 13.2. The Labute approximate surface area is 123 Å². The number of primary sulfonamides is 1. The lowest BCUT2D eigenvalue weighted by Gasteiger charge is -1.99. The fourth-order valence-corrected chi connectivity index (χ4v) is 5.45. The van der Waals surface area contributed by atoms with Crippen LogP contribution in [-0.4, -0.2) is 8.42 Å². The van der Waals surface area contributed by atoms with E-state index in [4.69, 9.17) is 5.14 Å². The minimum absolute atomic E-state index is 0.185. The second kappa shape index (κ2) is 5.75. The summed E-state index contributed by atoms with van der Waals surface area (Å²) in [5.41, 5.74) is 1.19. The highest BCUT2D eigenvalue weighted by atomic mass is 79.9. The smallest absolute Gasteiger partial charge is 0.224 e. The standard InChI is InChI=1S/C11H10BrNO2S3/c12-9-6-10(18(13,14)15)17-11(9)16-7-8-4-2-1-3-5-8/h1-6H,7H2,(H2,13,14,15). The van der Waals surface area contributed by atoms with E-state index >= 15 is 0 Å². The van der Waals surface area contributed by atoms with Crippen LogP contribution in [0.15, 0.2) is 49.3 Å². The summed E-state index contributed by atoms with van der Waals surface area (Å²) in [7, 11) is -3.61. The number of hydrogen-bond donors (Lipinski definition) is 1. The van der Waals surface area contributed by atoms with Gasteiger partial charge in [-0.25, -0.2) is 13.6 Å². The summed E-state index contributed by atoms with van der Waals surface area (Å²) in [6.45, 7) is 0. The lowest BCUT2D eigenvalue weighted by atomic mass is 10.2. The molecule has 0 radical (unpaired) electrons. The molecule has 0 saturated heterocycles. The van der Waals surface area contributed by atoms with Crippen LogP contribution in [0.3, 0.4) is 0 Å². The Balaban J connectivity index is 2.13. The van der Waals surface area contributed by atoms with Gasteiger partial charge in [0.25, 0.3) is 0 Å². The van der Waals surface area contributed by atoms with Crippen molar-refractivity contribution in [1.29, 1.82) is 0 Å². The summed E-state index contributed by atoms with van der Waals surface area (Å²) in [6.07, 6.45) is 0. The van der Waals surface area contributed by atoms with E-state index in [0.29, 0.717) is 0 Å². The molecule has 0 bridgehead atoms. The van der Waals surface area contributed by atoms with Crippen molar-refractivity contribution in [3.63, 3.8) is 0 Å². The van der Waals surface area contributed by atoms with E-state index in [0.717, 1.165) is 14.4 Å². The predicted molar refractivity (Wildman–Crippen MR) is 79.4 cm³/mol. The third-order valence-electron chi connectivity index (χ3n) is 2.13. The highest BCUT2D eigenvalue weighted by molar-refractivity contribution is 9.10. The maximum absolute atomic E-state index is 11.2. The molecule has 0 fully saturated rings. The Hall–Kier alpha value is -0.340. The van der Waals surface area contributed by atoms with E-state index < -0.39 is 10.0 Å². The topological polar surface area (TPSA) is 60.2 Å². The van der Waals surface area contributed by atoms with Crippen LogP contribution < -0.4 is 5.14 Å².